The number of fused-ring (bicyclic) bond motifs is 1. The molecule has 0 aliphatic rings. The normalized spacial score (nSPS) is 12.6. The zero-order valence-corrected chi connectivity index (χ0v) is 18.3. The van der Waals surface area contributed by atoms with Crippen molar-refractivity contribution in [1.82, 2.24) is 9.97 Å². The Kier molecular flexibility index (Phi) is 6.07. The molecule has 0 fully saturated rings. The number of carbonyl (C=O) groups is 2. The molecule has 0 unspecified atom stereocenters. The lowest BCUT2D eigenvalue weighted by Crippen LogP contribution is -2.13. The molecule has 1 N–H and O–H groups in total. The molecule has 4 aromatic rings. The van der Waals surface area contributed by atoms with Gasteiger partial charge in [0.1, 0.15) is 16.5 Å². The van der Waals surface area contributed by atoms with Crippen molar-refractivity contribution >= 4 is 50.3 Å². The quantitative estimate of drug-likeness (QED) is 0.375. The van der Waals surface area contributed by atoms with Crippen LogP contribution in [0.1, 0.15) is 39.5 Å². The number of anilines is 1. The van der Waals surface area contributed by atoms with Crippen LogP contribution in [0.5, 0.6) is 0 Å². The van der Waals surface area contributed by atoms with Gasteiger partial charge in [-0.3, -0.25) is 9.59 Å². The van der Waals surface area contributed by atoms with Crippen molar-refractivity contribution in [2.75, 3.05) is 5.32 Å². The second-order valence-corrected chi connectivity index (χ2v) is 8.94. The summed E-state index contributed by atoms with van der Waals surface area (Å²) < 4.78 is 39.7. The Morgan fingerprint density at radius 1 is 1.16 bits per heavy atom. The molecular formula is C22H16F3N3O2S2. The molecule has 32 heavy (non-hydrogen) atoms. The second kappa shape index (κ2) is 8.79. The Hall–Kier alpha value is -3.11. The van der Waals surface area contributed by atoms with E-state index in [9.17, 15) is 22.8 Å². The minimum Gasteiger partial charge on any atom is -0.321 e. The number of nitrogens with one attached hydrogen (secondary N) is 1. The summed E-state index contributed by atoms with van der Waals surface area (Å²) in [7, 11) is 0. The predicted octanol–water partition coefficient (Wildman–Crippen LogP) is 5.94. The average molecular weight is 476 g/mol. The minimum atomic E-state index is -4.46. The molecule has 0 saturated heterocycles. The summed E-state index contributed by atoms with van der Waals surface area (Å²) in [6.07, 6.45) is -4.45. The maximum Gasteiger partial charge on any atom is 0.416 e. The fourth-order valence-corrected chi connectivity index (χ4v) is 4.67. The molecule has 1 amide bonds. The fourth-order valence-electron chi connectivity index (χ4n) is 3.12. The van der Waals surface area contributed by atoms with Crippen molar-refractivity contribution in [1.29, 1.82) is 0 Å². The fraction of sp³-hybridized carbons (Fsp3) is 0.182. The minimum absolute atomic E-state index is 0.0112. The summed E-state index contributed by atoms with van der Waals surface area (Å²) in [6, 6.07) is 10.0. The second-order valence-electron chi connectivity index (χ2n) is 7.11. The number of Topliss-reactive ketones (excluding diaryl/α,β-unsaturated/α-hetero) is 1. The Balaban J connectivity index is 1.48. The molecule has 0 radical (unpaired) electrons. The Morgan fingerprint density at radius 3 is 2.69 bits per heavy atom. The van der Waals surface area contributed by atoms with Crippen molar-refractivity contribution in [3.63, 3.8) is 0 Å². The predicted molar refractivity (Wildman–Crippen MR) is 118 cm³/mol. The highest BCUT2D eigenvalue weighted by molar-refractivity contribution is 7.18. The number of hydrogen-bond donors (Lipinski definition) is 1. The number of halogens is 3. The van der Waals surface area contributed by atoms with Gasteiger partial charge >= 0.3 is 6.18 Å². The molecule has 0 aliphatic heterocycles. The van der Waals surface area contributed by atoms with Crippen molar-refractivity contribution < 1.29 is 22.8 Å². The van der Waals surface area contributed by atoms with Crippen LogP contribution in [-0.2, 0) is 17.4 Å². The highest BCUT2D eigenvalue weighted by Gasteiger charge is 2.31. The maximum atomic E-state index is 13.0. The molecule has 2 aromatic carbocycles. The van der Waals surface area contributed by atoms with Gasteiger partial charge in [0, 0.05) is 17.0 Å². The SMILES string of the molecule is C[C@H](C(=O)Cc1nc2ccc(NC(=O)c3cscn3)cc2s1)c1cccc(C(F)(F)F)c1. The number of nitrogens with zero attached hydrogens (tertiary/aromatic N) is 2. The Bertz CT molecular complexity index is 1280. The lowest BCUT2D eigenvalue weighted by atomic mass is 9.93. The lowest BCUT2D eigenvalue weighted by molar-refractivity contribution is -0.137. The number of hydrogen-bond acceptors (Lipinski definition) is 6. The topological polar surface area (TPSA) is 72.0 Å². The molecule has 4 rings (SSSR count). The number of benzene rings is 2. The van der Waals surface area contributed by atoms with Gasteiger partial charge in [-0.2, -0.15) is 13.2 Å². The van der Waals surface area contributed by atoms with Crippen LogP contribution in [0.2, 0.25) is 0 Å². The third-order valence-electron chi connectivity index (χ3n) is 4.88. The summed E-state index contributed by atoms with van der Waals surface area (Å²) in [5.41, 5.74) is 2.70. The van der Waals surface area contributed by atoms with Gasteiger partial charge in [-0.1, -0.05) is 25.1 Å². The molecule has 0 bridgehead atoms. The standard InChI is InChI=1S/C22H16F3N3O2S2/c1-12(13-3-2-4-14(7-13)22(23,24)25)18(29)9-20-28-16-6-5-15(8-19(16)32-20)27-21(30)17-10-31-11-26-17/h2-8,10-12H,9H2,1H3,(H,27,30)/t12-/m0/s1. The van der Waals surface area contributed by atoms with E-state index in [1.165, 1.54) is 34.8 Å². The number of rotatable bonds is 6. The van der Waals surface area contributed by atoms with E-state index in [2.05, 4.69) is 15.3 Å². The van der Waals surface area contributed by atoms with Crippen LogP contribution in [0.15, 0.2) is 53.4 Å². The number of amides is 1. The number of ketones is 1. The van der Waals surface area contributed by atoms with Crippen LogP contribution in [0.4, 0.5) is 18.9 Å². The van der Waals surface area contributed by atoms with Crippen molar-refractivity contribution in [2.45, 2.75) is 25.4 Å². The van der Waals surface area contributed by atoms with Gasteiger partial charge in [-0.25, -0.2) is 9.97 Å². The zero-order chi connectivity index (χ0) is 22.9. The third-order valence-corrected chi connectivity index (χ3v) is 6.48. The van der Waals surface area contributed by atoms with E-state index in [4.69, 9.17) is 0 Å². The first-order valence-electron chi connectivity index (χ1n) is 9.49. The number of thiazole rings is 2. The molecule has 10 heteroatoms. The van der Waals surface area contributed by atoms with E-state index >= 15 is 0 Å². The molecule has 2 aromatic heterocycles. The van der Waals surface area contributed by atoms with Crippen LogP contribution in [0.25, 0.3) is 10.2 Å². The molecule has 0 saturated carbocycles. The third kappa shape index (κ3) is 4.86. The number of carbonyl (C=O) groups excluding carboxylic acids is 2. The first kappa shape index (κ1) is 22.1. The smallest absolute Gasteiger partial charge is 0.321 e. The summed E-state index contributed by atoms with van der Waals surface area (Å²) in [5, 5.41) is 4.98. The van der Waals surface area contributed by atoms with Gasteiger partial charge in [0.15, 0.2) is 0 Å². The zero-order valence-electron chi connectivity index (χ0n) is 16.6. The summed E-state index contributed by atoms with van der Waals surface area (Å²) >= 11 is 2.63. The van der Waals surface area contributed by atoms with E-state index < -0.39 is 17.7 Å². The van der Waals surface area contributed by atoms with Crippen molar-refractivity contribution in [2.24, 2.45) is 0 Å². The van der Waals surface area contributed by atoms with Crippen LogP contribution in [0, 0.1) is 0 Å². The molecule has 1 atom stereocenters. The Labute approximate surface area is 189 Å². The molecule has 0 aliphatic carbocycles. The van der Waals surface area contributed by atoms with Crippen LogP contribution >= 0.6 is 22.7 Å². The largest absolute Gasteiger partial charge is 0.416 e. The summed E-state index contributed by atoms with van der Waals surface area (Å²) in [4.78, 5) is 33.3. The van der Waals surface area contributed by atoms with Gasteiger partial charge in [-0.05, 0) is 29.8 Å². The van der Waals surface area contributed by atoms with Gasteiger partial charge in [-0.15, -0.1) is 22.7 Å². The van der Waals surface area contributed by atoms with Crippen molar-refractivity contribution in [3.8, 4) is 0 Å². The monoisotopic (exact) mass is 475 g/mol. The highest BCUT2D eigenvalue weighted by Crippen LogP contribution is 2.32. The molecule has 2 heterocycles. The van der Waals surface area contributed by atoms with Crippen LogP contribution in [0.3, 0.4) is 0 Å². The molecule has 0 spiro atoms. The van der Waals surface area contributed by atoms with E-state index in [-0.39, 0.29) is 18.1 Å². The molecule has 164 valence electrons. The highest BCUT2D eigenvalue weighted by atomic mass is 32.1. The van der Waals surface area contributed by atoms with Crippen molar-refractivity contribution in [3.05, 3.63) is 75.2 Å². The first-order chi connectivity index (χ1) is 15.2. The molecule has 5 nitrogen and oxygen atoms in total. The number of aromatic nitrogens is 2. The van der Waals surface area contributed by atoms with Gasteiger partial charge < -0.3 is 5.32 Å². The van der Waals surface area contributed by atoms with E-state index in [1.807, 2.05) is 0 Å². The first-order valence-corrected chi connectivity index (χ1v) is 11.3. The average Bonchev–Trinajstić information content (AvgIpc) is 3.42. The lowest BCUT2D eigenvalue weighted by Gasteiger charge is -2.13. The Morgan fingerprint density at radius 2 is 1.97 bits per heavy atom. The van der Waals surface area contributed by atoms with E-state index in [1.54, 1.807) is 36.0 Å². The van der Waals surface area contributed by atoms with Gasteiger partial charge in [0.05, 0.1) is 27.7 Å². The molecular weight excluding hydrogens is 459 g/mol. The van der Waals surface area contributed by atoms with Crippen LogP contribution < -0.4 is 5.32 Å². The van der Waals surface area contributed by atoms with E-state index in [0.717, 1.165) is 16.8 Å². The summed E-state index contributed by atoms with van der Waals surface area (Å²) in [6.45, 7) is 1.59. The van der Waals surface area contributed by atoms with Gasteiger partial charge in [0.2, 0.25) is 0 Å². The summed E-state index contributed by atoms with van der Waals surface area (Å²) in [5.74, 6) is -1.24. The van der Waals surface area contributed by atoms with Gasteiger partial charge in [0.25, 0.3) is 5.91 Å². The van der Waals surface area contributed by atoms with Crippen LogP contribution in [-0.4, -0.2) is 21.7 Å². The number of alkyl halides is 3. The van der Waals surface area contributed by atoms with E-state index in [0.29, 0.717) is 27.5 Å². The maximum absolute atomic E-state index is 13.0.